The van der Waals surface area contributed by atoms with Gasteiger partial charge in [-0.3, -0.25) is 4.79 Å². The van der Waals surface area contributed by atoms with Crippen LogP contribution in [0.15, 0.2) is 0 Å². The first-order valence-electron chi connectivity index (χ1n) is 4.12. The predicted octanol–water partition coefficient (Wildman–Crippen LogP) is 2.30. The van der Waals surface area contributed by atoms with E-state index in [9.17, 15) is 4.79 Å². The molecule has 0 aromatic carbocycles. The monoisotopic (exact) mass is 208 g/mol. The summed E-state index contributed by atoms with van der Waals surface area (Å²) in [4.78, 5) is 10.9. The zero-order valence-electron chi connectivity index (χ0n) is 7.54. The maximum atomic E-state index is 10.9. The van der Waals surface area contributed by atoms with Gasteiger partial charge in [-0.25, -0.2) is 0 Å². The van der Waals surface area contributed by atoms with Crippen LogP contribution in [0, 0.1) is 0 Å². The molecule has 0 heterocycles. The van der Waals surface area contributed by atoms with Gasteiger partial charge in [-0.15, -0.1) is 0 Å². The van der Waals surface area contributed by atoms with Gasteiger partial charge in [0.25, 0.3) is 0 Å². The number of rotatable bonds is 5. The zero-order chi connectivity index (χ0) is 9.61. The Bertz CT molecular complexity index is 146. The van der Waals surface area contributed by atoms with Gasteiger partial charge in [0.15, 0.2) is 0 Å². The fraction of sp³-hybridized carbons (Fsp3) is 0.875. The summed E-state index contributed by atoms with van der Waals surface area (Å²) in [6.07, 6.45) is 1.88. The zero-order valence-corrected chi connectivity index (χ0v) is 9.33. The molecule has 2 nitrogen and oxygen atoms in total. The molecule has 0 radical (unpaired) electrons. The van der Waals surface area contributed by atoms with Crippen molar-refractivity contribution in [2.75, 3.05) is 6.61 Å². The van der Waals surface area contributed by atoms with Crippen LogP contribution in [0.2, 0.25) is 0 Å². The Morgan fingerprint density at radius 1 is 1.42 bits per heavy atom. The SMILES string of the molecule is CCOC(=O)CCC(S)(S)CC. The van der Waals surface area contributed by atoms with Crippen molar-refractivity contribution in [3.05, 3.63) is 0 Å². The molecule has 12 heavy (non-hydrogen) atoms. The molecule has 4 heteroatoms. The van der Waals surface area contributed by atoms with Crippen molar-refractivity contribution in [2.45, 2.75) is 37.2 Å². The van der Waals surface area contributed by atoms with Gasteiger partial charge in [-0.1, -0.05) is 6.92 Å². The molecule has 0 saturated heterocycles. The number of hydrogen-bond acceptors (Lipinski definition) is 4. The summed E-state index contributed by atoms with van der Waals surface area (Å²) in [5.74, 6) is -0.168. The van der Waals surface area contributed by atoms with Crippen molar-refractivity contribution in [3.63, 3.8) is 0 Å². The second kappa shape index (κ2) is 5.75. The number of carbonyl (C=O) groups excluding carboxylic acids is 1. The highest BCUT2D eigenvalue weighted by Crippen LogP contribution is 2.29. The molecule has 0 aliphatic heterocycles. The third-order valence-corrected chi connectivity index (χ3v) is 2.68. The average Bonchev–Trinajstić information content (AvgIpc) is 2.02. The van der Waals surface area contributed by atoms with Crippen molar-refractivity contribution >= 4 is 31.2 Å². The molecule has 0 fully saturated rings. The van der Waals surface area contributed by atoms with Crippen LogP contribution in [0.5, 0.6) is 0 Å². The highest BCUT2D eigenvalue weighted by atomic mass is 32.2. The molecular formula is C8H16O2S2. The Morgan fingerprint density at radius 3 is 2.42 bits per heavy atom. The van der Waals surface area contributed by atoms with E-state index in [1.165, 1.54) is 0 Å². The van der Waals surface area contributed by atoms with E-state index in [1.54, 1.807) is 6.92 Å². The number of ether oxygens (including phenoxy) is 1. The van der Waals surface area contributed by atoms with Crippen LogP contribution in [-0.4, -0.2) is 16.7 Å². The lowest BCUT2D eigenvalue weighted by atomic mass is 10.2. The van der Waals surface area contributed by atoms with Crippen LogP contribution in [0.4, 0.5) is 0 Å². The van der Waals surface area contributed by atoms with Crippen LogP contribution in [0.25, 0.3) is 0 Å². The van der Waals surface area contributed by atoms with Crippen LogP contribution in [0.1, 0.15) is 33.1 Å². The molecule has 0 amide bonds. The van der Waals surface area contributed by atoms with Crippen LogP contribution < -0.4 is 0 Å². The molecule has 0 saturated carbocycles. The fourth-order valence-electron chi connectivity index (χ4n) is 0.712. The minimum atomic E-state index is -0.341. The van der Waals surface area contributed by atoms with Gasteiger partial charge >= 0.3 is 5.97 Å². The van der Waals surface area contributed by atoms with Crippen molar-refractivity contribution in [3.8, 4) is 0 Å². The van der Waals surface area contributed by atoms with Gasteiger partial charge in [0.2, 0.25) is 0 Å². The van der Waals surface area contributed by atoms with Gasteiger partial charge in [0, 0.05) is 6.42 Å². The number of esters is 1. The highest BCUT2D eigenvalue weighted by molar-refractivity contribution is 8.00. The average molecular weight is 208 g/mol. The van der Waals surface area contributed by atoms with E-state index in [4.69, 9.17) is 4.74 Å². The molecule has 0 N–H and O–H groups in total. The molecule has 0 bridgehead atoms. The standard InChI is InChI=1S/C8H16O2S2/c1-3-8(11,12)6-5-7(9)10-4-2/h11-12H,3-6H2,1-2H3. The number of hydrogen-bond donors (Lipinski definition) is 2. The molecule has 0 atom stereocenters. The van der Waals surface area contributed by atoms with Gasteiger partial charge in [0.05, 0.1) is 10.7 Å². The Labute approximate surface area is 84.9 Å². The summed E-state index contributed by atoms with van der Waals surface area (Å²) in [5, 5.41) is 0. The van der Waals surface area contributed by atoms with E-state index in [0.717, 1.165) is 6.42 Å². The molecule has 0 aromatic rings. The molecule has 0 aliphatic carbocycles. The summed E-state index contributed by atoms with van der Waals surface area (Å²) >= 11 is 8.57. The fourth-order valence-corrected chi connectivity index (χ4v) is 0.936. The molecular weight excluding hydrogens is 192 g/mol. The molecule has 0 unspecified atom stereocenters. The van der Waals surface area contributed by atoms with E-state index >= 15 is 0 Å². The van der Waals surface area contributed by atoms with Gasteiger partial charge in [-0.2, -0.15) is 25.3 Å². The number of carbonyl (C=O) groups is 1. The first kappa shape index (κ1) is 12.2. The molecule has 0 rings (SSSR count). The van der Waals surface area contributed by atoms with E-state index in [1.807, 2.05) is 6.92 Å². The predicted molar refractivity (Wildman–Crippen MR) is 56.9 cm³/mol. The summed E-state index contributed by atoms with van der Waals surface area (Å²) in [6.45, 7) is 4.23. The van der Waals surface area contributed by atoms with Crippen molar-refractivity contribution < 1.29 is 9.53 Å². The molecule has 0 aliphatic rings. The summed E-state index contributed by atoms with van der Waals surface area (Å²) in [7, 11) is 0. The van der Waals surface area contributed by atoms with Crippen LogP contribution in [-0.2, 0) is 9.53 Å². The molecule has 0 spiro atoms. The van der Waals surface area contributed by atoms with Crippen molar-refractivity contribution in [1.82, 2.24) is 0 Å². The van der Waals surface area contributed by atoms with E-state index < -0.39 is 0 Å². The van der Waals surface area contributed by atoms with E-state index in [-0.39, 0.29) is 10.0 Å². The third kappa shape index (κ3) is 5.77. The van der Waals surface area contributed by atoms with E-state index in [2.05, 4.69) is 25.3 Å². The van der Waals surface area contributed by atoms with E-state index in [0.29, 0.717) is 19.4 Å². The van der Waals surface area contributed by atoms with Gasteiger partial charge < -0.3 is 4.74 Å². The van der Waals surface area contributed by atoms with Gasteiger partial charge in [-0.05, 0) is 19.8 Å². The normalized spacial score (nSPS) is 11.3. The Morgan fingerprint density at radius 2 is 2.00 bits per heavy atom. The lowest BCUT2D eigenvalue weighted by molar-refractivity contribution is -0.143. The summed E-state index contributed by atoms with van der Waals surface area (Å²) in [6, 6.07) is 0. The quantitative estimate of drug-likeness (QED) is 0.412. The molecule has 72 valence electrons. The smallest absolute Gasteiger partial charge is 0.305 e. The van der Waals surface area contributed by atoms with Crippen molar-refractivity contribution in [1.29, 1.82) is 0 Å². The first-order chi connectivity index (χ1) is 5.52. The van der Waals surface area contributed by atoms with Gasteiger partial charge in [0.1, 0.15) is 0 Å². The highest BCUT2D eigenvalue weighted by Gasteiger charge is 2.19. The summed E-state index contributed by atoms with van der Waals surface area (Å²) < 4.78 is 4.43. The lowest BCUT2D eigenvalue weighted by Crippen LogP contribution is -2.15. The topological polar surface area (TPSA) is 26.3 Å². The van der Waals surface area contributed by atoms with Crippen LogP contribution >= 0.6 is 25.3 Å². The lowest BCUT2D eigenvalue weighted by Gasteiger charge is -2.19. The maximum absolute atomic E-state index is 10.9. The maximum Gasteiger partial charge on any atom is 0.305 e. The summed E-state index contributed by atoms with van der Waals surface area (Å²) in [5.41, 5.74) is 0. The Kier molecular flexibility index (Phi) is 5.84. The first-order valence-corrected chi connectivity index (χ1v) is 5.01. The van der Waals surface area contributed by atoms with Crippen LogP contribution in [0.3, 0.4) is 0 Å². The Hall–Kier alpha value is 0.170. The largest absolute Gasteiger partial charge is 0.466 e. The minimum Gasteiger partial charge on any atom is -0.466 e. The Balaban J connectivity index is 3.60. The molecule has 0 aromatic heterocycles. The second-order valence-electron chi connectivity index (χ2n) is 2.64. The minimum absolute atomic E-state index is 0.168. The second-order valence-corrected chi connectivity index (χ2v) is 4.71. The number of thiol groups is 2. The third-order valence-electron chi connectivity index (χ3n) is 1.60. The van der Waals surface area contributed by atoms with Crippen molar-refractivity contribution in [2.24, 2.45) is 0 Å².